The lowest BCUT2D eigenvalue weighted by atomic mass is 10.1. The van der Waals surface area contributed by atoms with Crippen LogP contribution >= 0.6 is 11.8 Å². The van der Waals surface area contributed by atoms with Crippen molar-refractivity contribution < 1.29 is 5.11 Å². The minimum atomic E-state index is -0.222. The summed E-state index contributed by atoms with van der Waals surface area (Å²) in [5.41, 5.74) is 5.70. The topological polar surface area (TPSA) is 77.0 Å². The fourth-order valence-corrected chi connectivity index (χ4v) is 3.79. The van der Waals surface area contributed by atoms with Crippen molar-refractivity contribution in [1.29, 1.82) is 0 Å². The van der Waals surface area contributed by atoms with Gasteiger partial charge >= 0.3 is 0 Å². The maximum atomic E-state index is 10.2. The van der Waals surface area contributed by atoms with Gasteiger partial charge in [-0.3, -0.25) is 0 Å². The summed E-state index contributed by atoms with van der Waals surface area (Å²) in [6, 6.07) is 0. The van der Waals surface area contributed by atoms with Gasteiger partial charge in [0.2, 0.25) is 0 Å². The zero-order chi connectivity index (χ0) is 13.7. The van der Waals surface area contributed by atoms with E-state index < -0.39 is 0 Å². The Labute approximate surface area is 119 Å². The fraction of sp³-hybridized carbons (Fsp3) is 0.846. The molecular formula is C13H24N4OS. The number of hydrogen-bond acceptors (Lipinski definition) is 5. The minimum absolute atomic E-state index is 0.222. The molecule has 1 aliphatic rings. The first kappa shape index (κ1) is 14.8. The summed E-state index contributed by atoms with van der Waals surface area (Å²) in [4.78, 5) is 0. The number of rotatable bonds is 5. The summed E-state index contributed by atoms with van der Waals surface area (Å²) in [5, 5.41) is 19.7. The number of thioether (sulfide) groups is 1. The highest BCUT2D eigenvalue weighted by atomic mass is 32.2. The van der Waals surface area contributed by atoms with Gasteiger partial charge in [0.05, 0.1) is 12.6 Å². The molecule has 3 N–H and O–H groups in total. The molecule has 6 heteroatoms. The van der Waals surface area contributed by atoms with E-state index in [2.05, 4.69) is 21.7 Å². The highest BCUT2D eigenvalue weighted by molar-refractivity contribution is 7.99. The fourth-order valence-electron chi connectivity index (χ4n) is 2.53. The van der Waals surface area contributed by atoms with E-state index in [0.717, 1.165) is 43.2 Å². The van der Waals surface area contributed by atoms with Gasteiger partial charge in [-0.15, -0.1) is 10.2 Å². The molecule has 0 bridgehead atoms. The van der Waals surface area contributed by atoms with Crippen LogP contribution in [0.25, 0.3) is 0 Å². The third-order valence-electron chi connectivity index (χ3n) is 3.60. The maximum absolute atomic E-state index is 10.2. The van der Waals surface area contributed by atoms with Gasteiger partial charge in [-0.1, -0.05) is 37.9 Å². The molecule has 2 unspecified atom stereocenters. The molecule has 0 amide bonds. The second-order valence-corrected chi connectivity index (χ2v) is 6.32. The smallest absolute Gasteiger partial charge is 0.191 e. The van der Waals surface area contributed by atoms with Crippen molar-refractivity contribution in [2.75, 3.05) is 0 Å². The van der Waals surface area contributed by atoms with Crippen LogP contribution < -0.4 is 5.73 Å². The normalized spacial score (nSPS) is 24.4. The Kier molecular flexibility index (Phi) is 5.66. The van der Waals surface area contributed by atoms with Crippen LogP contribution in [-0.4, -0.2) is 31.2 Å². The van der Waals surface area contributed by atoms with Gasteiger partial charge in [-0.25, -0.2) is 0 Å². The number of nitrogens with two attached hydrogens (primary N) is 1. The maximum Gasteiger partial charge on any atom is 0.191 e. The summed E-state index contributed by atoms with van der Waals surface area (Å²) in [6.45, 7) is 3.45. The third-order valence-corrected chi connectivity index (χ3v) is 4.96. The molecule has 0 saturated heterocycles. The second kappa shape index (κ2) is 7.26. The summed E-state index contributed by atoms with van der Waals surface area (Å²) in [6.07, 6.45) is 6.33. The average Bonchev–Trinajstić information content (AvgIpc) is 2.67. The van der Waals surface area contributed by atoms with Crippen molar-refractivity contribution in [3.05, 3.63) is 5.82 Å². The molecule has 1 saturated carbocycles. The zero-order valence-corrected chi connectivity index (χ0v) is 12.4. The van der Waals surface area contributed by atoms with Crippen LogP contribution in [-0.2, 0) is 13.1 Å². The van der Waals surface area contributed by atoms with Crippen molar-refractivity contribution in [2.45, 2.75) is 75.0 Å². The zero-order valence-electron chi connectivity index (χ0n) is 11.6. The number of aromatic nitrogens is 3. The van der Waals surface area contributed by atoms with Crippen molar-refractivity contribution in [2.24, 2.45) is 5.73 Å². The molecule has 0 spiro atoms. The lowest BCUT2D eigenvalue weighted by Gasteiger charge is -2.19. The van der Waals surface area contributed by atoms with Gasteiger partial charge in [0.25, 0.3) is 0 Å². The Balaban J connectivity index is 2.10. The van der Waals surface area contributed by atoms with Gasteiger partial charge in [-0.2, -0.15) is 0 Å². The monoisotopic (exact) mass is 284 g/mol. The van der Waals surface area contributed by atoms with E-state index in [-0.39, 0.29) is 11.4 Å². The van der Waals surface area contributed by atoms with E-state index in [1.807, 2.05) is 0 Å². The molecule has 0 aliphatic heterocycles. The predicted molar refractivity (Wildman–Crippen MR) is 76.9 cm³/mol. The molecule has 1 aromatic rings. The molecule has 1 aromatic heterocycles. The molecule has 1 heterocycles. The van der Waals surface area contributed by atoms with Gasteiger partial charge in [0, 0.05) is 11.8 Å². The molecule has 2 rings (SSSR count). The highest BCUT2D eigenvalue weighted by Gasteiger charge is 2.25. The highest BCUT2D eigenvalue weighted by Crippen LogP contribution is 2.32. The minimum Gasteiger partial charge on any atom is -0.392 e. The Morgan fingerprint density at radius 3 is 2.84 bits per heavy atom. The SMILES string of the molecule is CCCn1c(CN)nnc1SC1CCCCCC1O. The quantitative estimate of drug-likeness (QED) is 0.808. The van der Waals surface area contributed by atoms with Gasteiger partial charge in [0.1, 0.15) is 5.82 Å². The van der Waals surface area contributed by atoms with Gasteiger partial charge in [0.15, 0.2) is 5.16 Å². The summed E-state index contributed by atoms with van der Waals surface area (Å²) >= 11 is 1.67. The average molecular weight is 284 g/mol. The largest absolute Gasteiger partial charge is 0.392 e. The van der Waals surface area contributed by atoms with E-state index in [0.29, 0.717) is 6.54 Å². The van der Waals surface area contributed by atoms with Crippen LogP contribution in [0.5, 0.6) is 0 Å². The van der Waals surface area contributed by atoms with Gasteiger partial charge < -0.3 is 15.4 Å². The van der Waals surface area contributed by atoms with Crippen molar-refractivity contribution in [3.8, 4) is 0 Å². The molecular weight excluding hydrogens is 260 g/mol. The molecule has 108 valence electrons. The van der Waals surface area contributed by atoms with E-state index in [1.54, 1.807) is 11.8 Å². The molecule has 19 heavy (non-hydrogen) atoms. The van der Waals surface area contributed by atoms with Crippen LogP contribution in [0.2, 0.25) is 0 Å². The Bertz CT molecular complexity index is 396. The van der Waals surface area contributed by atoms with E-state index in [4.69, 9.17) is 5.73 Å². The first-order valence-corrected chi connectivity index (χ1v) is 8.11. The Morgan fingerprint density at radius 1 is 1.32 bits per heavy atom. The number of aliphatic hydroxyl groups is 1. The van der Waals surface area contributed by atoms with Crippen molar-refractivity contribution in [3.63, 3.8) is 0 Å². The molecule has 1 fully saturated rings. The van der Waals surface area contributed by atoms with Gasteiger partial charge in [-0.05, 0) is 19.3 Å². The van der Waals surface area contributed by atoms with Crippen LogP contribution in [0.4, 0.5) is 0 Å². The van der Waals surface area contributed by atoms with Crippen molar-refractivity contribution in [1.82, 2.24) is 14.8 Å². The predicted octanol–water partition coefficient (Wildman–Crippen LogP) is 1.93. The summed E-state index contributed by atoms with van der Waals surface area (Å²) in [5.74, 6) is 0.840. The Morgan fingerprint density at radius 2 is 2.11 bits per heavy atom. The third kappa shape index (κ3) is 3.70. The summed E-state index contributed by atoms with van der Waals surface area (Å²) in [7, 11) is 0. The molecule has 1 aliphatic carbocycles. The van der Waals surface area contributed by atoms with Crippen molar-refractivity contribution >= 4 is 11.8 Å². The van der Waals surface area contributed by atoms with Crippen LogP contribution in [0, 0.1) is 0 Å². The van der Waals surface area contributed by atoms with Crippen LogP contribution in [0.1, 0.15) is 51.3 Å². The molecule has 5 nitrogen and oxygen atoms in total. The Hall–Kier alpha value is -0.590. The summed E-state index contributed by atoms with van der Waals surface area (Å²) < 4.78 is 2.10. The lowest BCUT2D eigenvalue weighted by Crippen LogP contribution is -2.22. The van der Waals surface area contributed by atoms with E-state index in [1.165, 1.54) is 12.8 Å². The molecule has 0 radical (unpaired) electrons. The number of hydrogen-bond donors (Lipinski definition) is 2. The number of aliphatic hydroxyl groups excluding tert-OH is 1. The standard InChI is InChI=1S/C13H24N4OS/c1-2-8-17-12(9-14)15-16-13(17)19-11-7-5-3-4-6-10(11)18/h10-11,18H,2-9,14H2,1H3. The van der Waals surface area contributed by atoms with Crippen LogP contribution in [0.3, 0.4) is 0 Å². The molecule has 0 aromatic carbocycles. The lowest BCUT2D eigenvalue weighted by molar-refractivity contribution is 0.163. The first-order valence-electron chi connectivity index (χ1n) is 7.23. The van der Waals surface area contributed by atoms with E-state index >= 15 is 0 Å². The second-order valence-electron chi connectivity index (χ2n) is 5.12. The molecule has 2 atom stereocenters. The van der Waals surface area contributed by atoms with Crippen LogP contribution in [0.15, 0.2) is 5.16 Å². The van der Waals surface area contributed by atoms with E-state index in [9.17, 15) is 5.11 Å². The number of nitrogens with zero attached hydrogens (tertiary/aromatic N) is 3. The first-order chi connectivity index (χ1) is 9.26.